The highest BCUT2D eigenvalue weighted by Crippen LogP contribution is 2.13. The van der Waals surface area contributed by atoms with Crippen LogP contribution in [-0.4, -0.2) is 5.78 Å². The number of nitrogens with two attached hydrogens (primary N) is 1. The summed E-state index contributed by atoms with van der Waals surface area (Å²) in [4.78, 5) is 11.7. The smallest absolute Gasteiger partial charge is 0.154 e. The van der Waals surface area contributed by atoms with Crippen LogP contribution in [0.3, 0.4) is 0 Å². The van der Waals surface area contributed by atoms with Crippen molar-refractivity contribution < 1.29 is 4.79 Å². The predicted octanol–water partition coefficient (Wildman–Crippen LogP) is 2.84. The van der Waals surface area contributed by atoms with E-state index in [0.717, 1.165) is 24.8 Å². The van der Waals surface area contributed by atoms with Gasteiger partial charge in [0.15, 0.2) is 5.78 Å². The van der Waals surface area contributed by atoms with Crippen LogP contribution in [0.5, 0.6) is 0 Å². The number of Topliss-reactive ketones (excluding diaryl/α,β-unsaturated/α-hetero) is 1. The SMILES string of the molecule is CCCCCC(=O)[C@H](N)c1ccccc1. The molecule has 0 aliphatic rings. The molecule has 0 saturated heterocycles. The molecule has 1 atom stereocenters. The lowest BCUT2D eigenvalue weighted by Gasteiger charge is -2.10. The van der Waals surface area contributed by atoms with Crippen molar-refractivity contribution in [2.24, 2.45) is 5.73 Å². The number of benzene rings is 1. The number of hydrogen-bond donors (Lipinski definition) is 1. The fourth-order valence-corrected chi connectivity index (χ4v) is 1.55. The van der Waals surface area contributed by atoms with Gasteiger partial charge in [0.1, 0.15) is 0 Å². The van der Waals surface area contributed by atoms with E-state index < -0.39 is 6.04 Å². The van der Waals surface area contributed by atoms with Gasteiger partial charge in [0.2, 0.25) is 0 Å². The molecule has 0 aliphatic carbocycles. The molecule has 0 spiro atoms. The predicted molar refractivity (Wildman–Crippen MR) is 62.5 cm³/mol. The number of carbonyl (C=O) groups excluding carboxylic acids is 1. The molecule has 0 radical (unpaired) electrons. The molecule has 2 N–H and O–H groups in total. The quantitative estimate of drug-likeness (QED) is 0.726. The summed E-state index contributed by atoms with van der Waals surface area (Å²) in [6, 6.07) is 9.12. The van der Waals surface area contributed by atoms with Crippen LogP contribution in [0.15, 0.2) is 30.3 Å². The first-order valence-electron chi connectivity index (χ1n) is 5.59. The van der Waals surface area contributed by atoms with Crippen molar-refractivity contribution in [2.45, 2.75) is 38.6 Å². The van der Waals surface area contributed by atoms with E-state index in [2.05, 4.69) is 6.92 Å². The maximum absolute atomic E-state index is 11.7. The summed E-state index contributed by atoms with van der Waals surface area (Å²) in [5, 5.41) is 0. The lowest BCUT2D eigenvalue weighted by Crippen LogP contribution is -2.21. The lowest BCUT2D eigenvalue weighted by atomic mass is 10.00. The number of rotatable bonds is 6. The van der Waals surface area contributed by atoms with Crippen molar-refractivity contribution >= 4 is 5.78 Å². The van der Waals surface area contributed by atoms with Gasteiger partial charge in [-0.05, 0) is 12.0 Å². The number of ketones is 1. The molecule has 0 unspecified atom stereocenters. The van der Waals surface area contributed by atoms with Crippen molar-refractivity contribution in [2.75, 3.05) is 0 Å². The highest BCUT2D eigenvalue weighted by Gasteiger charge is 2.14. The lowest BCUT2D eigenvalue weighted by molar-refractivity contribution is -0.120. The Balaban J connectivity index is 2.46. The highest BCUT2D eigenvalue weighted by molar-refractivity contribution is 5.84. The highest BCUT2D eigenvalue weighted by atomic mass is 16.1. The van der Waals surface area contributed by atoms with Gasteiger partial charge in [0.25, 0.3) is 0 Å². The Morgan fingerprint density at radius 1 is 1.27 bits per heavy atom. The first-order valence-corrected chi connectivity index (χ1v) is 5.59. The van der Waals surface area contributed by atoms with Crippen LogP contribution < -0.4 is 5.73 Å². The fraction of sp³-hybridized carbons (Fsp3) is 0.462. The van der Waals surface area contributed by atoms with E-state index in [1.54, 1.807) is 0 Å². The third-order valence-corrected chi connectivity index (χ3v) is 2.53. The van der Waals surface area contributed by atoms with E-state index in [1.165, 1.54) is 0 Å². The third-order valence-electron chi connectivity index (χ3n) is 2.53. The van der Waals surface area contributed by atoms with Crippen molar-refractivity contribution in [3.05, 3.63) is 35.9 Å². The molecule has 0 fully saturated rings. The summed E-state index contributed by atoms with van der Waals surface area (Å²) in [6.07, 6.45) is 3.79. The second-order valence-electron chi connectivity index (χ2n) is 3.81. The zero-order valence-electron chi connectivity index (χ0n) is 9.28. The van der Waals surface area contributed by atoms with Crippen LogP contribution in [0.2, 0.25) is 0 Å². The largest absolute Gasteiger partial charge is 0.318 e. The molecule has 0 heterocycles. The molecule has 82 valence electrons. The molecular weight excluding hydrogens is 186 g/mol. The fourth-order valence-electron chi connectivity index (χ4n) is 1.55. The molecule has 0 saturated carbocycles. The minimum Gasteiger partial charge on any atom is -0.318 e. The molecule has 1 rings (SSSR count). The monoisotopic (exact) mass is 205 g/mol. The average molecular weight is 205 g/mol. The summed E-state index contributed by atoms with van der Waals surface area (Å²) in [5.41, 5.74) is 6.79. The number of hydrogen-bond acceptors (Lipinski definition) is 2. The Hall–Kier alpha value is -1.15. The van der Waals surface area contributed by atoms with Crippen molar-refractivity contribution in [3.63, 3.8) is 0 Å². The molecule has 0 bridgehead atoms. The van der Waals surface area contributed by atoms with E-state index in [4.69, 9.17) is 5.73 Å². The molecule has 1 aromatic rings. The van der Waals surface area contributed by atoms with E-state index in [0.29, 0.717) is 6.42 Å². The Labute approximate surface area is 91.5 Å². The van der Waals surface area contributed by atoms with Gasteiger partial charge >= 0.3 is 0 Å². The first kappa shape index (κ1) is 11.9. The Bertz CT molecular complexity index is 295. The van der Waals surface area contributed by atoms with Crippen LogP contribution in [0.25, 0.3) is 0 Å². The van der Waals surface area contributed by atoms with Crippen LogP contribution in [0, 0.1) is 0 Å². The van der Waals surface area contributed by atoms with Crippen LogP contribution in [-0.2, 0) is 4.79 Å². The molecule has 2 nitrogen and oxygen atoms in total. The zero-order chi connectivity index (χ0) is 11.1. The third kappa shape index (κ3) is 3.84. The summed E-state index contributed by atoms with van der Waals surface area (Å²) in [5.74, 6) is 0.148. The average Bonchev–Trinajstić information content (AvgIpc) is 2.29. The molecule has 1 aromatic carbocycles. The van der Waals surface area contributed by atoms with E-state index in [1.807, 2.05) is 30.3 Å². The van der Waals surface area contributed by atoms with Crippen molar-refractivity contribution in [3.8, 4) is 0 Å². The van der Waals surface area contributed by atoms with Gasteiger partial charge in [-0.2, -0.15) is 0 Å². The molecule has 15 heavy (non-hydrogen) atoms. The standard InChI is InChI=1S/C13H19NO/c1-2-3-5-10-12(15)13(14)11-8-6-4-7-9-11/h4,6-9,13H,2-3,5,10,14H2,1H3/t13-/m1/s1. The second kappa shape index (κ2) is 6.36. The summed E-state index contributed by atoms with van der Waals surface area (Å²) in [6.45, 7) is 2.13. The van der Waals surface area contributed by atoms with Gasteiger partial charge in [-0.15, -0.1) is 0 Å². The number of unbranched alkanes of at least 4 members (excludes halogenated alkanes) is 2. The van der Waals surface area contributed by atoms with Gasteiger partial charge < -0.3 is 5.73 Å². The summed E-state index contributed by atoms with van der Waals surface area (Å²) >= 11 is 0. The molecule has 0 aromatic heterocycles. The van der Waals surface area contributed by atoms with Gasteiger partial charge in [0.05, 0.1) is 6.04 Å². The van der Waals surface area contributed by atoms with Gasteiger partial charge in [0, 0.05) is 6.42 Å². The minimum atomic E-state index is -0.442. The minimum absolute atomic E-state index is 0.148. The van der Waals surface area contributed by atoms with E-state index in [9.17, 15) is 4.79 Å². The Morgan fingerprint density at radius 2 is 1.93 bits per heavy atom. The summed E-state index contributed by atoms with van der Waals surface area (Å²) in [7, 11) is 0. The van der Waals surface area contributed by atoms with Crippen molar-refractivity contribution in [1.29, 1.82) is 0 Å². The van der Waals surface area contributed by atoms with Crippen molar-refractivity contribution in [1.82, 2.24) is 0 Å². The van der Waals surface area contributed by atoms with E-state index in [-0.39, 0.29) is 5.78 Å². The van der Waals surface area contributed by atoms with E-state index >= 15 is 0 Å². The number of carbonyl (C=O) groups is 1. The van der Waals surface area contributed by atoms with Crippen LogP contribution >= 0.6 is 0 Å². The second-order valence-corrected chi connectivity index (χ2v) is 3.81. The van der Waals surface area contributed by atoms with Crippen LogP contribution in [0.1, 0.15) is 44.2 Å². The molecule has 2 heteroatoms. The maximum atomic E-state index is 11.7. The van der Waals surface area contributed by atoms with Gasteiger partial charge in [-0.3, -0.25) is 4.79 Å². The Morgan fingerprint density at radius 3 is 2.53 bits per heavy atom. The topological polar surface area (TPSA) is 43.1 Å². The molecule has 0 aliphatic heterocycles. The zero-order valence-corrected chi connectivity index (χ0v) is 9.28. The first-order chi connectivity index (χ1) is 7.25. The maximum Gasteiger partial charge on any atom is 0.154 e. The van der Waals surface area contributed by atoms with Crippen LogP contribution in [0.4, 0.5) is 0 Å². The van der Waals surface area contributed by atoms with Gasteiger partial charge in [-0.1, -0.05) is 50.1 Å². The van der Waals surface area contributed by atoms with Gasteiger partial charge in [-0.25, -0.2) is 0 Å². The summed E-state index contributed by atoms with van der Waals surface area (Å²) < 4.78 is 0. The normalized spacial score (nSPS) is 12.4. The molecular formula is C13H19NO. The Kier molecular flexibility index (Phi) is 5.05. The molecule has 0 amide bonds.